The number of nitrogens with zero attached hydrogens (tertiary/aromatic N) is 1. The molecular weight excluding hydrogens is 244 g/mol. The number of aromatic nitrogens is 1. The maximum Gasteiger partial charge on any atom is 0.162 e. The molecule has 0 amide bonds. The van der Waals surface area contributed by atoms with Crippen LogP contribution >= 0.6 is 0 Å². The lowest BCUT2D eigenvalue weighted by molar-refractivity contribution is 0.317. The van der Waals surface area contributed by atoms with Crippen molar-refractivity contribution in [3.63, 3.8) is 0 Å². The molecule has 5 heteroatoms. The zero-order valence-corrected chi connectivity index (χ0v) is 11.0. The molecule has 0 fully saturated rings. The summed E-state index contributed by atoms with van der Waals surface area (Å²) in [7, 11) is 3.25. The third kappa shape index (κ3) is 1.73. The van der Waals surface area contributed by atoms with E-state index in [1.165, 1.54) is 5.56 Å². The molecule has 0 saturated heterocycles. The quantitative estimate of drug-likeness (QED) is 0.644. The molecular formula is C14H16N2O3. The maximum atomic E-state index is 9.08. The number of hydrogen-bond acceptors (Lipinski definition) is 4. The number of nitrogens with one attached hydrogen (secondary N) is 1. The fraction of sp³-hybridized carbons (Fsp3) is 0.357. The van der Waals surface area contributed by atoms with Crippen LogP contribution in [0.3, 0.4) is 0 Å². The van der Waals surface area contributed by atoms with Crippen molar-refractivity contribution < 1.29 is 14.7 Å². The molecule has 2 aromatic rings. The minimum atomic E-state index is 0.691. The van der Waals surface area contributed by atoms with Crippen LogP contribution in [-0.4, -0.2) is 30.1 Å². The molecule has 0 spiro atoms. The number of aryl methyl sites for hydroxylation is 1. The minimum absolute atomic E-state index is 0.691. The van der Waals surface area contributed by atoms with E-state index in [1.807, 2.05) is 12.1 Å². The van der Waals surface area contributed by atoms with E-state index in [-0.39, 0.29) is 0 Å². The van der Waals surface area contributed by atoms with E-state index in [0.717, 1.165) is 41.6 Å². The Morgan fingerprint density at radius 2 is 1.89 bits per heavy atom. The monoisotopic (exact) mass is 260 g/mol. The molecule has 19 heavy (non-hydrogen) atoms. The average Bonchev–Trinajstić information content (AvgIpc) is 2.83. The Balaban J connectivity index is 2.28. The highest BCUT2D eigenvalue weighted by atomic mass is 16.5. The van der Waals surface area contributed by atoms with Crippen LogP contribution in [-0.2, 0) is 6.42 Å². The highest BCUT2D eigenvalue weighted by Gasteiger charge is 2.22. The molecule has 1 aliphatic carbocycles. The SMILES string of the molecule is COc1cc2[nH]c3c(c2cc1OC)CCC/C3=N\O. The van der Waals surface area contributed by atoms with E-state index in [2.05, 4.69) is 10.1 Å². The van der Waals surface area contributed by atoms with Gasteiger partial charge in [-0.1, -0.05) is 5.16 Å². The van der Waals surface area contributed by atoms with Crippen molar-refractivity contribution in [1.29, 1.82) is 0 Å². The second-order valence-electron chi connectivity index (χ2n) is 4.63. The first-order valence-electron chi connectivity index (χ1n) is 6.26. The summed E-state index contributed by atoms with van der Waals surface area (Å²) >= 11 is 0. The Kier molecular flexibility index (Phi) is 2.81. The van der Waals surface area contributed by atoms with Gasteiger partial charge < -0.3 is 19.7 Å². The van der Waals surface area contributed by atoms with Crippen LogP contribution in [0.15, 0.2) is 17.3 Å². The van der Waals surface area contributed by atoms with Gasteiger partial charge >= 0.3 is 0 Å². The van der Waals surface area contributed by atoms with E-state index in [4.69, 9.17) is 14.7 Å². The van der Waals surface area contributed by atoms with Gasteiger partial charge in [-0.25, -0.2) is 0 Å². The van der Waals surface area contributed by atoms with Gasteiger partial charge in [-0.15, -0.1) is 0 Å². The number of oxime groups is 1. The predicted molar refractivity (Wildman–Crippen MR) is 72.7 cm³/mol. The van der Waals surface area contributed by atoms with E-state index in [1.54, 1.807) is 14.2 Å². The van der Waals surface area contributed by atoms with Crippen LogP contribution in [0.5, 0.6) is 11.5 Å². The lowest BCUT2D eigenvalue weighted by Crippen LogP contribution is -2.10. The van der Waals surface area contributed by atoms with Crippen LogP contribution in [0, 0.1) is 0 Å². The summed E-state index contributed by atoms with van der Waals surface area (Å²) < 4.78 is 10.6. The van der Waals surface area contributed by atoms with Crippen LogP contribution in [0.2, 0.25) is 0 Å². The van der Waals surface area contributed by atoms with Gasteiger partial charge in [0.2, 0.25) is 0 Å². The Labute approximate surface area is 110 Å². The molecule has 1 heterocycles. The van der Waals surface area contributed by atoms with E-state index >= 15 is 0 Å². The molecule has 1 aliphatic rings. The zero-order chi connectivity index (χ0) is 13.4. The second-order valence-corrected chi connectivity index (χ2v) is 4.63. The average molecular weight is 260 g/mol. The van der Waals surface area contributed by atoms with Crippen molar-refractivity contribution in [2.24, 2.45) is 5.16 Å². The van der Waals surface area contributed by atoms with Gasteiger partial charge in [0.05, 0.1) is 25.4 Å². The number of H-pyrrole nitrogens is 1. The highest BCUT2D eigenvalue weighted by molar-refractivity contribution is 6.06. The molecule has 0 unspecified atom stereocenters. The summed E-state index contributed by atoms with van der Waals surface area (Å²) in [6, 6.07) is 3.89. The highest BCUT2D eigenvalue weighted by Crippen LogP contribution is 2.37. The van der Waals surface area contributed by atoms with Gasteiger partial charge in [-0.3, -0.25) is 0 Å². The Morgan fingerprint density at radius 1 is 1.16 bits per heavy atom. The second kappa shape index (κ2) is 4.50. The summed E-state index contributed by atoms with van der Waals surface area (Å²) in [4.78, 5) is 3.32. The molecule has 2 N–H and O–H groups in total. The number of methoxy groups -OCH3 is 2. The van der Waals surface area contributed by atoms with Crippen LogP contribution in [0.25, 0.3) is 10.9 Å². The summed E-state index contributed by atoms with van der Waals surface area (Å²) in [5.74, 6) is 1.40. The van der Waals surface area contributed by atoms with Gasteiger partial charge in [-0.2, -0.15) is 0 Å². The third-order valence-electron chi connectivity index (χ3n) is 3.66. The predicted octanol–water partition coefficient (Wildman–Crippen LogP) is 2.70. The fourth-order valence-corrected chi connectivity index (χ4v) is 2.74. The van der Waals surface area contributed by atoms with Crippen LogP contribution < -0.4 is 9.47 Å². The van der Waals surface area contributed by atoms with Gasteiger partial charge in [0, 0.05) is 11.5 Å². The summed E-state index contributed by atoms with van der Waals surface area (Å²) in [5.41, 5.74) is 3.81. The first kappa shape index (κ1) is 11.9. The third-order valence-corrected chi connectivity index (χ3v) is 3.66. The lowest BCUT2D eigenvalue weighted by Gasteiger charge is -2.12. The molecule has 1 aromatic heterocycles. The number of rotatable bonds is 2. The number of benzene rings is 1. The normalized spacial score (nSPS) is 16.6. The lowest BCUT2D eigenvalue weighted by atomic mass is 9.94. The molecule has 3 rings (SSSR count). The van der Waals surface area contributed by atoms with Crippen molar-refractivity contribution in [3.8, 4) is 11.5 Å². The summed E-state index contributed by atoms with van der Waals surface area (Å²) in [6.07, 6.45) is 2.77. The summed E-state index contributed by atoms with van der Waals surface area (Å²) in [6.45, 7) is 0. The Hall–Kier alpha value is -2.17. The first-order valence-corrected chi connectivity index (χ1v) is 6.26. The van der Waals surface area contributed by atoms with Gasteiger partial charge in [0.15, 0.2) is 11.5 Å². The molecule has 0 radical (unpaired) electrons. The van der Waals surface area contributed by atoms with Crippen molar-refractivity contribution in [3.05, 3.63) is 23.4 Å². The number of hydrogen-bond donors (Lipinski definition) is 2. The van der Waals surface area contributed by atoms with Crippen LogP contribution in [0.4, 0.5) is 0 Å². The largest absolute Gasteiger partial charge is 0.493 e. The Bertz CT molecular complexity index is 658. The van der Waals surface area contributed by atoms with Crippen molar-refractivity contribution >= 4 is 16.6 Å². The molecule has 5 nitrogen and oxygen atoms in total. The minimum Gasteiger partial charge on any atom is -0.493 e. The van der Waals surface area contributed by atoms with E-state index in [0.29, 0.717) is 11.5 Å². The number of aromatic amines is 1. The molecule has 1 aromatic carbocycles. The molecule has 100 valence electrons. The first-order chi connectivity index (χ1) is 9.28. The van der Waals surface area contributed by atoms with Gasteiger partial charge in [0.1, 0.15) is 5.71 Å². The van der Waals surface area contributed by atoms with E-state index < -0.39 is 0 Å². The molecule has 0 aliphatic heterocycles. The van der Waals surface area contributed by atoms with Crippen LogP contribution in [0.1, 0.15) is 24.1 Å². The number of ether oxygens (including phenoxy) is 2. The molecule has 0 bridgehead atoms. The van der Waals surface area contributed by atoms with Gasteiger partial charge in [0.25, 0.3) is 0 Å². The summed E-state index contributed by atoms with van der Waals surface area (Å²) in [5, 5.41) is 13.6. The van der Waals surface area contributed by atoms with Crippen molar-refractivity contribution in [2.45, 2.75) is 19.3 Å². The molecule has 0 atom stereocenters. The fourth-order valence-electron chi connectivity index (χ4n) is 2.74. The van der Waals surface area contributed by atoms with Crippen molar-refractivity contribution in [2.75, 3.05) is 14.2 Å². The Morgan fingerprint density at radius 3 is 2.58 bits per heavy atom. The van der Waals surface area contributed by atoms with E-state index in [9.17, 15) is 0 Å². The van der Waals surface area contributed by atoms with Gasteiger partial charge in [-0.05, 0) is 30.9 Å². The topological polar surface area (TPSA) is 66.8 Å². The molecule has 0 saturated carbocycles. The standard InChI is InChI=1S/C14H16N2O3/c1-18-12-6-9-8-4-3-5-10(16-17)14(8)15-11(9)7-13(12)19-2/h6-7,15,17H,3-5H2,1-2H3/b16-10+. The van der Waals surface area contributed by atoms with Crippen molar-refractivity contribution in [1.82, 2.24) is 4.98 Å². The smallest absolute Gasteiger partial charge is 0.162 e. The maximum absolute atomic E-state index is 9.08. The number of fused-ring (bicyclic) bond motifs is 3. The zero-order valence-electron chi connectivity index (χ0n) is 11.0.